The minimum absolute atomic E-state index is 0.310. The molecule has 0 aliphatic carbocycles. The van der Waals surface area contributed by atoms with Crippen LogP contribution in [0.1, 0.15) is 5.76 Å². The average Bonchev–Trinajstić information content (AvgIpc) is 3.18. The van der Waals surface area contributed by atoms with Crippen LogP contribution in [0.3, 0.4) is 0 Å². The molecule has 0 aromatic carbocycles. The quantitative estimate of drug-likeness (QED) is 0.728. The summed E-state index contributed by atoms with van der Waals surface area (Å²) in [6.45, 7) is 0. The predicted molar refractivity (Wildman–Crippen MR) is 85.3 cm³/mol. The first kappa shape index (κ1) is 13.8. The van der Waals surface area contributed by atoms with Crippen LogP contribution in [0.25, 0.3) is 28.2 Å². The van der Waals surface area contributed by atoms with Crippen molar-refractivity contribution in [2.45, 2.75) is 0 Å². The van der Waals surface area contributed by atoms with E-state index in [-0.39, 0.29) is 5.24 Å². The van der Waals surface area contributed by atoms with Gasteiger partial charge in [-0.2, -0.15) is 5.10 Å². The van der Waals surface area contributed by atoms with Crippen LogP contribution in [0.15, 0.2) is 40.2 Å². The van der Waals surface area contributed by atoms with E-state index in [1.807, 2.05) is 13.2 Å². The number of pyridine rings is 1. The largest absolute Gasteiger partial charge is 0.456 e. The number of nitrogens with zero attached hydrogens (tertiary/aromatic N) is 3. The second kappa shape index (κ2) is 5.10. The fourth-order valence-electron chi connectivity index (χ4n) is 2.37. The van der Waals surface area contributed by atoms with Gasteiger partial charge in [0.25, 0.3) is 11.1 Å². The fourth-order valence-corrected chi connectivity index (χ4v) is 3.03. The summed E-state index contributed by atoms with van der Waals surface area (Å²) in [7, 11) is 1.84. The number of rotatable bonds is 2. The van der Waals surface area contributed by atoms with Crippen molar-refractivity contribution in [3.8, 4) is 11.1 Å². The summed E-state index contributed by atoms with van der Waals surface area (Å²) >= 11 is 0.855. The van der Waals surface area contributed by atoms with Gasteiger partial charge in [-0.25, -0.2) is 0 Å². The fraction of sp³-hybridized carbons (Fsp3) is 0.0667. The van der Waals surface area contributed by atoms with E-state index in [1.54, 1.807) is 35.4 Å². The van der Waals surface area contributed by atoms with Crippen LogP contribution in [-0.2, 0) is 11.8 Å². The number of carbonyl (C=O) groups excluding carboxylic acids is 2. The average molecular weight is 326 g/mol. The molecule has 4 heterocycles. The molecule has 8 heteroatoms. The Morgan fingerprint density at radius 3 is 2.87 bits per heavy atom. The van der Waals surface area contributed by atoms with Gasteiger partial charge in [-0.15, -0.1) is 0 Å². The molecule has 0 bridgehead atoms. The molecule has 0 spiro atoms. The van der Waals surface area contributed by atoms with Crippen LogP contribution in [0, 0.1) is 0 Å². The Bertz CT molecular complexity index is 986. The maximum Gasteiger partial charge on any atom is 0.290 e. The van der Waals surface area contributed by atoms with Crippen LogP contribution in [-0.4, -0.2) is 25.9 Å². The van der Waals surface area contributed by atoms with Gasteiger partial charge in [-0.05, 0) is 17.8 Å². The molecule has 0 saturated carbocycles. The summed E-state index contributed by atoms with van der Waals surface area (Å²) in [4.78, 5) is 27.3. The molecule has 1 saturated heterocycles. The van der Waals surface area contributed by atoms with Gasteiger partial charge in [0.05, 0.1) is 11.1 Å². The van der Waals surface area contributed by atoms with Crippen molar-refractivity contribution in [2.24, 2.45) is 7.05 Å². The summed E-state index contributed by atoms with van der Waals surface area (Å²) in [6.07, 6.45) is 8.55. The Morgan fingerprint density at radius 1 is 1.30 bits per heavy atom. The Morgan fingerprint density at radius 2 is 2.17 bits per heavy atom. The number of imide groups is 1. The smallest absolute Gasteiger partial charge is 0.290 e. The number of carbonyl (C=O) groups is 2. The molecule has 3 aromatic heterocycles. The third-order valence-electron chi connectivity index (χ3n) is 3.37. The lowest BCUT2D eigenvalue weighted by Crippen LogP contribution is -2.17. The number of hydrogen-bond acceptors (Lipinski definition) is 6. The molecular formula is C15H10N4O3S. The zero-order valence-electron chi connectivity index (χ0n) is 11.9. The van der Waals surface area contributed by atoms with E-state index in [1.165, 1.54) is 0 Å². The summed E-state index contributed by atoms with van der Waals surface area (Å²) in [5, 5.41) is 6.80. The van der Waals surface area contributed by atoms with Crippen LogP contribution >= 0.6 is 11.8 Å². The van der Waals surface area contributed by atoms with Gasteiger partial charge in [0, 0.05) is 48.2 Å². The third-order valence-corrected chi connectivity index (χ3v) is 4.18. The van der Waals surface area contributed by atoms with Crippen molar-refractivity contribution >= 4 is 40.0 Å². The predicted octanol–water partition coefficient (Wildman–Crippen LogP) is 2.55. The minimum atomic E-state index is -0.411. The number of hydrogen-bond donors (Lipinski definition) is 1. The van der Waals surface area contributed by atoms with Crippen molar-refractivity contribution in [1.29, 1.82) is 0 Å². The summed E-state index contributed by atoms with van der Waals surface area (Å²) in [5.74, 6) is 0.0801. The van der Waals surface area contributed by atoms with Crippen LogP contribution in [0.2, 0.25) is 0 Å². The van der Waals surface area contributed by atoms with Gasteiger partial charge in [0.15, 0.2) is 0 Å². The van der Waals surface area contributed by atoms with Gasteiger partial charge in [-0.3, -0.25) is 24.6 Å². The normalized spacial score (nSPS) is 16.5. The molecule has 23 heavy (non-hydrogen) atoms. The SMILES string of the molecule is Cn1cc(-c2cncc3cc(/C=C4/SC(=O)NC4=O)oc23)cn1. The maximum absolute atomic E-state index is 11.6. The summed E-state index contributed by atoms with van der Waals surface area (Å²) < 4.78 is 7.55. The number of aryl methyl sites for hydroxylation is 1. The molecule has 0 radical (unpaired) electrons. The Hall–Kier alpha value is -2.87. The Kier molecular flexibility index (Phi) is 3.05. The monoisotopic (exact) mass is 326 g/mol. The molecule has 1 aliphatic rings. The van der Waals surface area contributed by atoms with E-state index in [2.05, 4.69) is 15.4 Å². The molecule has 114 valence electrons. The van der Waals surface area contributed by atoms with Gasteiger partial charge < -0.3 is 4.42 Å². The zero-order chi connectivity index (χ0) is 16.0. The van der Waals surface area contributed by atoms with Gasteiger partial charge in [0.2, 0.25) is 0 Å². The Balaban J connectivity index is 1.81. The highest BCUT2D eigenvalue weighted by Gasteiger charge is 2.25. The molecule has 0 unspecified atom stereocenters. The zero-order valence-corrected chi connectivity index (χ0v) is 12.8. The number of fused-ring (bicyclic) bond motifs is 1. The topological polar surface area (TPSA) is 90.0 Å². The van der Waals surface area contributed by atoms with Gasteiger partial charge in [0.1, 0.15) is 11.3 Å². The maximum atomic E-state index is 11.6. The second-order valence-corrected chi connectivity index (χ2v) is 6.02. The lowest BCUT2D eigenvalue weighted by Gasteiger charge is -1.97. The van der Waals surface area contributed by atoms with E-state index < -0.39 is 5.91 Å². The molecular weight excluding hydrogens is 316 g/mol. The van der Waals surface area contributed by atoms with Crippen molar-refractivity contribution in [3.05, 3.63) is 41.5 Å². The molecule has 2 amide bonds. The van der Waals surface area contributed by atoms with Crippen LogP contribution in [0.5, 0.6) is 0 Å². The standard InChI is InChI=1S/C15H10N4O3S/c1-19-7-9(5-17-19)11-6-16-4-8-2-10(22-13(8)11)3-12-14(20)18-15(21)23-12/h2-7H,1H3,(H,18,20,21)/b12-3+. The van der Waals surface area contributed by atoms with Gasteiger partial charge >= 0.3 is 0 Å². The second-order valence-electron chi connectivity index (χ2n) is 5.01. The van der Waals surface area contributed by atoms with E-state index >= 15 is 0 Å². The molecule has 1 fully saturated rings. The van der Waals surface area contributed by atoms with Crippen LogP contribution in [0.4, 0.5) is 4.79 Å². The first-order valence-electron chi connectivity index (χ1n) is 6.71. The highest BCUT2D eigenvalue weighted by molar-refractivity contribution is 8.18. The lowest BCUT2D eigenvalue weighted by atomic mass is 10.1. The van der Waals surface area contributed by atoms with Crippen molar-refractivity contribution < 1.29 is 14.0 Å². The van der Waals surface area contributed by atoms with E-state index in [4.69, 9.17) is 4.42 Å². The van der Waals surface area contributed by atoms with Crippen molar-refractivity contribution in [2.75, 3.05) is 0 Å². The molecule has 3 aromatic rings. The molecule has 4 rings (SSSR count). The molecule has 7 nitrogen and oxygen atoms in total. The first-order chi connectivity index (χ1) is 11.1. The number of furan rings is 1. The molecule has 0 atom stereocenters. The van der Waals surface area contributed by atoms with Crippen molar-refractivity contribution in [1.82, 2.24) is 20.1 Å². The number of aromatic nitrogens is 3. The third kappa shape index (κ3) is 2.42. The van der Waals surface area contributed by atoms with E-state index in [9.17, 15) is 9.59 Å². The Labute approximate surface area is 134 Å². The van der Waals surface area contributed by atoms with E-state index in [0.29, 0.717) is 16.2 Å². The van der Waals surface area contributed by atoms with E-state index in [0.717, 1.165) is 28.3 Å². The number of amides is 2. The van der Waals surface area contributed by atoms with Crippen molar-refractivity contribution in [3.63, 3.8) is 0 Å². The number of thioether (sulfide) groups is 1. The van der Waals surface area contributed by atoms with Gasteiger partial charge in [-0.1, -0.05) is 0 Å². The first-order valence-corrected chi connectivity index (χ1v) is 7.53. The summed E-state index contributed by atoms with van der Waals surface area (Å²) in [6, 6.07) is 1.78. The number of nitrogens with one attached hydrogen (secondary N) is 1. The minimum Gasteiger partial charge on any atom is -0.456 e. The molecule has 1 aliphatic heterocycles. The van der Waals surface area contributed by atoms with Crippen LogP contribution < -0.4 is 5.32 Å². The lowest BCUT2D eigenvalue weighted by molar-refractivity contribution is -0.115. The highest BCUT2D eigenvalue weighted by Crippen LogP contribution is 2.32. The highest BCUT2D eigenvalue weighted by atomic mass is 32.2. The molecule has 1 N–H and O–H groups in total. The summed E-state index contributed by atoms with van der Waals surface area (Å²) in [5.41, 5.74) is 2.37.